The van der Waals surface area contributed by atoms with E-state index < -0.39 is 6.10 Å². The first-order valence-corrected chi connectivity index (χ1v) is 7.75. The Bertz CT molecular complexity index is 624. The Kier molecular flexibility index (Phi) is 4.27. The Hall–Kier alpha value is -1.39. The van der Waals surface area contributed by atoms with Crippen LogP contribution in [0.1, 0.15) is 11.1 Å². The fourth-order valence-electron chi connectivity index (χ4n) is 2.74. The number of hydrogen-bond acceptors (Lipinski definition) is 2. The predicted molar refractivity (Wildman–Crippen MR) is 82.9 cm³/mol. The number of hydrogen-bond donors (Lipinski definition) is 1. The number of fused-ring (bicyclic) bond motifs is 1. The van der Waals surface area contributed by atoms with E-state index in [1.165, 1.54) is 12.1 Å². The highest BCUT2D eigenvalue weighted by molar-refractivity contribution is 9.10. The minimum absolute atomic E-state index is 0.0296. The van der Waals surface area contributed by atoms with Crippen LogP contribution in [0.2, 0.25) is 0 Å². The van der Waals surface area contributed by atoms with Crippen molar-refractivity contribution in [3.63, 3.8) is 0 Å². The average Bonchev–Trinajstić information content (AvgIpc) is 2.45. The van der Waals surface area contributed by atoms with Gasteiger partial charge in [0, 0.05) is 10.4 Å². The lowest BCUT2D eigenvalue weighted by molar-refractivity contribution is 0.0652. The van der Waals surface area contributed by atoms with Crippen molar-refractivity contribution in [2.45, 2.75) is 18.9 Å². The molecule has 1 aliphatic rings. The van der Waals surface area contributed by atoms with E-state index in [1.54, 1.807) is 0 Å². The minimum atomic E-state index is -0.549. The fourth-order valence-corrected chi connectivity index (χ4v) is 3.25. The number of aliphatic hydroxyl groups is 1. The molecule has 2 aromatic rings. The number of ether oxygens (including phenoxy) is 1. The third-order valence-corrected chi connectivity index (χ3v) is 4.28. The van der Waals surface area contributed by atoms with Gasteiger partial charge < -0.3 is 9.84 Å². The van der Waals surface area contributed by atoms with E-state index in [1.807, 2.05) is 30.3 Å². The van der Waals surface area contributed by atoms with Gasteiger partial charge in [-0.1, -0.05) is 34.1 Å². The van der Waals surface area contributed by atoms with Gasteiger partial charge >= 0.3 is 0 Å². The summed E-state index contributed by atoms with van der Waals surface area (Å²) in [6.07, 6.45) is 0.660. The van der Waals surface area contributed by atoms with Gasteiger partial charge in [-0.15, -0.1) is 0 Å². The van der Waals surface area contributed by atoms with Crippen molar-refractivity contribution in [1.82, 2.24) is 0 Å². The molecule has 0 saturated carbocycles. The molecule has 2 aromatic carbocycles. The summed E-state index contributed by atoms with van der Waals surface area (Å²) in [4.78, 5) is 0. The smallest absolute Gasteiger partial charge is 0.124 e. The van der Waals surface area contributed by atoms with Crippen LogP contribution < -0.4 is 4.74 Å². The highest BCUT2D eigenvalue weighted by Gasteiger charge is 2.26. The van der Waals surface area contributed by atoms with E-state index in [2.05, 4.69) is 15.9 Å². The summed E-state index contributed by atoms with van der Waals surface area (Å²) in [5.41, 5.74) is 1.90. The van der Waals surface area contributed by atoms with E-state index >= 15 is 0 Å². The maximum Gasteiger partial charge on any atom is 0.124 e. The Morgan fingerprint density at radius 2 is 2.10 bits per heavy atom. The van der Waals surface area contributed by atoms with Crippen molar-refractivity contribution < 1.29 is 14.2 Å². The van der Waals surface area contributed by atoms with Gasteiger partial charge in [0.05, 0.1) is 12.7 Å². The summed E-state index contributed by atoms with van der Waals surface area (Å²) in [5, 5.41) is 10.4. The molecule has 0 spiro atoms. The van der Waals surface area contributed by atoms with Gasteiger partial charge in [0.1, 0.15) is 11.6 Å². The highest BCUT2D eigenvalue weighted by atomic mass is 79.9. The molecule has 0 saturated heterocycles. The highest BCUT2D eigenvalue weighted by Crippen LogP contribution is 2.29. The van der Waals surface area contributed by atoms with Crippen molar-refractivity contribution in [2.75, 3.05) is 6.61 Å². The zero-order valence-corrected chi connectivity index (χ0v) is 13.0. The molecule has 0 radical (unpaired) electrons. The Balaban J connectivity index is 1.70. The summed E-state index contributed by atoms with van der Waals surface area (Å²) in [7, 11) is 0. The van der Waals surface area contributed by atoms with Crippen molar-refractivity contribution in [3.8, 4) is 5.75 Å². The van der Waals surface area contributed by atoms with E-state index in [0.29, 0.717) is 17.5 Å². The van der Waals surface area contributed by atoms with E-state index in [0.717, 1.165) is 23.3 Å². The lowest BCUT2D eigenvalue weighted by atomic mass is 9.89. The predicted octanol–water partition coefficient (Wildman–Crippen LogP) is 3.74. The molecular weight excluding hydrogens is 335 g/mol. The largest absolute Gasteiger partial charge is 0.493 e. The molecule has 1 N–H and O–H groups in total. The third-order valence-electron chi connectivity index (χ3n) is 3.82. The average molecular weight is 351 g/mol. The SMILES string of the molecule is OC(Cc1cc(F)cc(Br)c1)C1COc2ccccc2C1. The molecular formula is C17H16BrFO2. The van der Waals surface area contributed by atoms with Crippen LogP contribution in [0.4, 0.5) is 4.39 Å². The summed E-state index contributed by atoms with van der Waals surface area (Å²) in [5.74, 6) is 0.633. The molecule has 2 atom stereocenters. The second kappa shape index (κ2) is 6.16. The van der Waals surface area contributed by atoms with Gasteiger partial charge in [-0.2, -0.15) is 0 Å². The van der Waals surface area contributed by atoms with Crippen LogP contribution >= 0.6 is 15.9 Å². The quantitative estimate of drug-likeness (QED) is 0.913. The Labute approximate surface area is 131 Å². The second-order valence-corrected chi connectivity index (χ2v) is 6.35. The minimum Gasteiger partial charge on any atom is -0.493 e. The molecule has 0 aliphatic carbocycles. The van der Waals surface area contributed by atoms with Crippen LogP contribution in [-0.4, -0.2) is 17.8 Å². The topological polar surface area (TPSA) is 29.5 Å². The maximum atomic E-state index is 13.4. The number of benzene rings is 2. The standard InChI is InChI=1S/C17H16BrFO2/c18-14-5-11(6-15(19)9-14)7-16(20)13-8-12-3-1-2-4-17(12)21-10-13/h1-6,9,13,16,20H,7-8,10H2. The van der Waals surface area contributed by atoms with Crippen molar-refractivity contribution in [2.24, 2.45) is 5.92 Å². The molecule has 2 unspecified atom stereocenters. The summed E-state index contributed by atoms with van der Waals surface area (Å²) >= 11 is 3.27. The van der Waals surface area contributed by atoms with Gasteiger partial charge in [-0.25, -0.2) is 4.39 Å². The summed E-state index contributed by atoms with van der Waals surface area (Å²) < 4.78 is 19.8. The number of para-hydroxylation sites is 1. The van der Waals surface area contributed by atoms with Crippen molar-refractivity contribution in [3.05, 3.63) is 63.9 Å². The van der Waals surface area contributed by atoms with Crippen LogP contribution in [0.25, 0.3) is 0 Å². The molecule has 0 bridgehead atoms. The van der Waals surface area contributed by atoms with Crippen molar-refractivity contribution >= 4 is 15.9 Å². The lowest BCUT2D eigenvalue weighted by Crippen LogP contribution is -2.33. The van der Waals surface area contributed by atoms with Crippen LogP contribution in [0, 0.1) is 11.7 Å². The first-order chi connectivity index (χ1) is 10.1. The van der Waals surface area contributed by atoms with Gasteiger partial charge in [0.15, 0.2) is 0 Å². The van der Waals surface area contributed by atoms with Crippen LogP contribution in [0.5, 0.6) is 5.75 Å². The first kappa shape index (κ1) is 14.5. The number of rotatable bonds is 3. The first-order valence-electron chi connectivity index (χ1n) is 6.95. The molecule has 1 aliphatic heterocycles. The Morgan fingerprint density at radius 1 is 1.29 bits per heavy atom. The van der Waals surface area contributed by atoms with Crippen molar-refractivity contribution in [1.29, 1.82) is 0 Å². The zero-order chi connectivity index (χ0) is 14.8. The third kappa shape index (κ3) is 3.44. The summed E-state index contributed by atoms with van der Waals surface area (Å²) in [6, 6.07) is 12.6. The zero-order valence-electron chi connectivity index (χ0n) is 11.4. The molecule has 3 rings (SSSR count). The maximum absolute atomic E-state index is 13.4. The lowest BCUT2D eigenvalue weighted by Gasteiger charge is -2.29. The monoisotopic (exact) mass is 350 g/mol. The van der Waals surface area contributed by atoms with Gasteiger partial charge in [0.25, 0.3) is 0 Å². The number of halogens is 2. The molecule has 1 heterocycles. The molecule has 110 valence electrons. The molecule has 0 amide bonds. The molecule has 4 heteroatoms. The summed E-state index contributed by atoms with van der Waals surface area (Å²) in [6.45, 7) is 0.495. The molecule has 2 nitrogen and oxygen atoms in total. The number of aliphatic hydroxyl groups excluding tert-OH is 1. The van der Waals surface area contributed by atoms with Gasteiger partial charge in [-0.3, -0.25) is 0 Å². The second-order valence-electron chi connectivity index (χ2n) is 5.43. The fraction of sp³-hybridized carbons (Fsp3) is 0.294. The van der Waals surface area contributed by atoms with Gasteiger partial charge in [0.2, 0.25) is 0 Å². The van der Waals surface area contributed by atoms with Crippen LogP contribution in [-0.2, 0) is 12.8 Å². The normalized spacial score (nSPS) is 18.7. The van der Waals surface area contributed by atoms with Gasteiger partial charge in [-0.05, 0) is 48.2 Å². The van der Waals surface area contributed by atoms with Crippen LogP contribution in [0.15, 0.2) is 46.9 Å². The molecule has 0 fully saturated rings. The van der Waals surface area contributed by atoms with E-state index in [9.17, 15) is 9.50 Å². The Morgan fingerprint density at radius 3 is 2.90 bits per heavy atom. The van der Waals surface area contributed by atoms with E-state index in [-0.39, 0.29) is 11.7 Å². The van der Waals surface area contributed by atoms with E-state index in [4.69, 9.17) is 4.74 Å². The molecule has 21 heavy (non-hydrogen) atoms. The van der Waals surface area contributed by atoms with Crippen LogP contribution in [0.3, 0.4) is 0 Å². The molecule has 0 aromatic heterocycles.